The van der Waals surface area contributed by atoms with Crippen molar-refractivity contribution in [3.63, 3.8) is 0 Å². The molecule has 0 aliphatic carbocycles. The van der Waals surface area contributed by atoms with Crippen LogP contribution < -0.4 is 10.2 Å². The first kappa shape index (κ1) is 15.5. The lowest BCUT2D eigenvalue weighted by Gasteiger charge is -2.31. The Kier molecular flexibility index (Phi) is 4.86. The van der Waals surface area contributed by atoms with Gasteiger partial charge in [0.15, 0.2) is 5.82 Å². The Hall–Kier alpha value is -2.43. The number of hydrogen-bond acceptors (Lipinski definition) is 4. The van der Waals surface area contributed by atoms with E-state index in [4.69, 9.17) is 0 Å². The van der Waals surface area contributed by atoms with Crippen LogP contribution in [0.4, 0.5) is 5.82 Å². The Balaban J connectivity index is 1.62. The van der Waals surface area contributed by atoms with E-state index < -0.39 is 0 Å². The first-order valence-corrected chi connectivity index (χ1v) is 8.19. The molecule has 0 spiro atoms. The van der Waals surface area contributed by atoms with Crippen LogP contribution in [-0.2, 0) is 4.79 Å². The largest absolute Gasteiger partial charge is 0.356 e. The van der Waals surface area contributed by atoms with E-state index >= 15 is 0 Å². The zero-order valence-corrected chi connectivity index (χ0v) is 13.4. The normalized spacial score (nSPS) is 15.4. The van der Waals surface area contributed by atoms with Gasteiger partial charge in [-0.05, 0) is 31.9 Å². The van der Waals surface area contributed by atoms with E-state index in [2.05, 4.69) is 20.4 Å². The Morgan fingerprint density at radius 3 is 2.48 bits per heavy atom. The summed E-state index contributed by atoms with van der Waals surface area (Å²) >= 11 is 0. The molecule has 2 aromatic rings. The summed E-state index contributed by atoms with van der Waals surface area (Å²) in [6, 6.07) is 14.1. The number of amides is 1. The van der Waals surface area contributed by atoms with Crippen LogP contribution in [0.1, 0.15) is 19.8 Å². The van der Waals surface area contributed by atoms with Crippen molar-refractivity contribution in [2.24, 2.45) is 5.92 Å². The molecular weight excluding hydrogens is 288 g/mol. The molecule has 1 saturated heterocycles. The first-order chi connectivity index (χ1) is 11.3. The summed E-state index contributed by atoms with van der Waals surface area (Å²) in [6.45, 7) is 4.35. The fourth-order valence-electron chi connectivity index (χ4n) is 2.95. The Morgan fingerprint density at radius 1 is 1.13 bits per heavy atom. The van der Waals surface area contributed by atoms with Gasteiger partial charge in [-0.3, -0.25) is 4.79 Å². The van der Waals surface area contributed by atoms with Crippen molar-refractivity contribution in [3.05, 3.63) is 42.5 Å². The molecule has 1 aromatic carbocycles. The molecule has 2 heterocycles. The number of aromatic nitrogens is 2. The van der Waals surface area contributed by atoms with Crippen LogP contribution >= 0.6 is 0 Å². The van der Waals surface area contributed by atoms with Gasteiger partial charge in [0.2, 0.25) is 5.91 Å². The molecule has 3 rings (SSSR count). The maximum absolute atomic E-state index is 11.9. The second-order valence-electron chi connectivity index (χ2n) is 5.80. The van der Waals surface area contributed by atoms with Gasteiger partial charge in [-0.1, -0.05) is 30.3 Å². The molecule has 0 radical (unpaired) electrons. The van der Waals surface area contributed by atoms with Gasteiger partial charge in [0.1, 0.15) is 0 Å². The molecule has 0 atom stereocenters. The molecular formula is C18H22N4O. The van der Waals surface area contributed by atoms with Crippen LogP contribution in [-0.4, -0.2) is 35.7 Å². The third-order valence-corrected chi connectivity index (χ3v) is 4.26. The molecule has 1 aromatic heterocycles. The minimum Gasteiger partial charge on any atom is -0.356 e. The fourth-order valence-corrected chi connectivity index (χ4v) is 2.95. The monoisotopic (exact) mass is 310 g/mol. The zero-order valence-electron chi connectivity index (χ0n) is 13.4. The molecule has 120 valence electrons. The van der Waals surface area contributed by atoms with Crippen molar-refractivity contribution in [2.45, 2.75) is 19.8 Å². The second-order valence-corrected chi connectivity index (χ2v) is 5.80. The summed E-state index contributed by atoms with van der Waals surface area (Å²) in [4.78, 5) is 14.1. The van der Waals surface area contributed by atoms with E-state index in [0.29, 0.717) is 6.54 Å². The van der Waals surface area contributed by atoms with Crippen LogP contribution in [0.25, 0.3) is 11.3 Å². The van der Waals surface area contributed by atoms with Crippen LogP contribution in [0, 0.1) is 5.92 Å². The smallest absolute Gasteiger partial charge is 0.223 e. The van der Waals surface area contributed by atoms with Gasteiger partial charge >= 0.3 is 0 Å². The number of benzene rings is 1. The minimum atomic E-state index is 0.128. The molecule has 1 N–H and O–H groups in total. The summed E-state index contributed by atoms with van der Waals surface area (Å²) < 4.78 is 0. The van der Waals surface area contributed by atoms with Gasteiger partial charge in [0, 0.05) is 31.1 Å². The topological polar surface area (TPSA) is 58.1 Å². The minimum absolute atomic E-state index is 0.128. The van der Waals surface area contributed by atoms with Gasteiger partial charge in [0.25, 0.3) is 0 Å². The highest BCUT2D eigenvalue weighted by molar-refractivity contribution is 5.78. The second kappa shape index (κ2) is 7.22. The number of rotatable bonds is 4. The standard InChI is InChI=1S/C18H22N4O/c1-2-19-18(23)15-10-12-22(13-11-15)17-9-8-16(20-21-17)14-6-4-3-5-7-14/h3-9,15H,2,10-13H2,1H3,(H,19,23). The molecule has 1 aliphatic heterocycles. The highest BCUT2D eigenvalue weighted by Gasteiger charge is 2.25. The lowest BCUT2D eigenvalue weighted by molar-refractivity contribution is -0.125. The van der Waals surface area contributed by atoms with E-state index in [1.54, 1.807) is 0 Å². The molecule has 5 nitrogen and oxygen atoms in total. The van der Waals surface area contributed by atoms with Gasteiger partial charge in [-0.25, -0.2) is 0 Å². The van der Waals surface area contributed by atoms with E-state index in [1.165, 1.54) is 0 Å². The van der Waals surface area contributed by atoms with Crippen molar-refractivity contribution in [1.29, 1.82) is 0 Å². The van der Waals surface area contributed by atoms with Crippen LogP contribution in [0.2, 0.25) is 0 Å². The van der Waals surface area contributed by atoms with Gasteiger partial charge in [-0.2, -0.15) is 0 Å². The van der Waals surface area contributed by atoms with E-state index in [9.17, 15) is 4.79 Å². The van der Waals surface area contributed by atoms with Crippen molar-refractivity contribution < 1.29 is 4.79 Å². The zero-order chi connectivity index (χ0) is 16.1. The number of carbonyl (C=O) groups excluding carboxylic acids is 1. The molecule has 0 unspecified atom stereocenters. The van der Waals surface area contributed by atoms with Crippen molar-refractivity contribution in [1.82, 2.24) is 15.5 Å². The summed E-state index contributed by atoms with van der Waals surface area (Å²) in [5.41, 5.74) is 1.95. The first-order valence-electron chi connectivity index (χ1n) is 8.19. The summed E-state index contributed by atoms with van der Waals surface area (Å²) in [7, 11) is 0. The number of carbonyl (C=O) groups is 1. The number of hydrogen-bond donors (Lipinski definition) is 1. The molecule has 0 bridgehead atoms. The summed E-state index contributed by atoms with van der Waals surface area (Å²) in [5, 5.41) is 11.6. The van der Waals surface area contributed by atoms with E-state index in [0.717, 1.165) is 43.0 Å². The van der Waals surface area contributed by atoms with Crippen LogP contribution in [0.3, 0.4) is 0 Å². The quantitative estimate of drug-likeness (QED) is 0.942. The van der Waals surface area contributed by atoms with E-state index in [-0.39, 0.29) is 11.8 Å². The molecule has 23 heavy (non-hydrogen) atoms. The van der Waals surface area contributed by atoms with Gasteiger partial charge < -0.3 is 10.2 Å². The predicted molar refractivity (Wildman–Crippen MR) is 91.1 cm³/mol. The third-order valence-electron chi connectivity index (χ3n) is 4.26. The fraction of sp³-hybridized carbons (Fsp3) is 0.389. The SMILES string of the molecule is CCNC(=O)C1CCN(c2ccc(-c3ccccc3)nn2)CC1. The van der Waals surface area contributed by atoms with E-state index in [1.807, 2.05) is 49.4 Å². The Bertz CT molecular complexity index is 634. The van der Waals surface area contributed by atoms with Crippen LogP contribution in [0.5, 0.6) is 0 Å². The lowest BCUT2D eigenvalue weighted by atomic mass is 9.96. The molecule has 5 heteroatoms. The van der Waals surface area contributed by atoms with Crippen molar-refractivity contribution in [3.8, 4) is 11.3 Å². The molecule has 1 amide bonds. The average Bonchev–Trinajstić information content (AvgIpc) is 2.63. The average molecular weight is 310 g/mol. The number of anilines is 1. The summed E-state index contributed by atoms with van der Waals surface area (Å²) in [6.07, 6.45) is 1.74. The maximum atomic E-state index is 11.9. The highest BCUT2D eigenvalue weighted by atomic mass is 16.1. The van der Waals surface area contributed by atoms with Crippen molar-refractivity contribution >= 4 is 11.7 Å². The van der Waals surface area contributed by atoms with Crippen molar-refractivity contribution in [2.75, 3.05) is 24.5 Å². The number of nitrogens with one attached hydrogen (secondary N) is 1. The molecule has 1 aliphatic rings. The third kappa shape index (κ3) is 3.67. The number of nitrogens with zero attached hydrogens (tertiary/aromatic N) is 3. The molecule has 0 saturated carbocycles. The van der Waals surface area contributed by atoms with Gasteiger partial charge in [0.05, 0.1) is 5.69 Å². The maximum Gasteiger partial charge on any atom is 0.223 e. The molecule has 1 fully saturated rings. The highest BCUT2D eigenvalue weighted by Crippen LogP contribution is 2.23. The Labute approximate surface area is 136 Å². The number of piperidine rings is 1. The van der Waals surface area contributed by atoms with Crippen LogP contribution in [0.15, 0.2) is 42.5 Å². The lowest BCUT2D eigenvalue weighted by Crippen LogP contribution is -2.40. The predicted octanol–water partition coefficient (Wildman–Crippen LogP) is 2.50. The van der Waals surface area contributed by atoms with Gasteiger partial charge in [-0.15, -0.1) is 10.2 Å². The summed E-state index contributed by atoms with van der Waals surface area (Å²) in [5.74, 6) is 1.19. The Morgan fingerprint density at radius 2 is 1.87 bits per heavy atom.